The molecule has 0 atom stereocenters. The zero-order chi connectivity index (χ0) is 17.4. The van der Waals surface area contributed by atoms with Crippen molar-refractivity contribution in [2.75, 3.05) is 43.4 Å². The summed E-state index contributed by atoms with van der Waals surface area (Å²) < 4.78 is 0. The Labute approximate surface area is 151 Å². The van der Waals surface area contributed by atoms with Crippen molar-refractivity contribution in [1.29, 1.82) is 0 Å². The number of likely N-dealkylation sites (N-methyl/N-ethyl adjacent to an activating group) is 1. The number of piperazine rings is 1. The van der Waals surface area contributed by atoms with Gasteiger partial charge in [0.25, 0.3) is 0 Å². The van der Waals surface area contributed by atoms with Gasteiger partial charge in [0, 0.05) is 36.9 Å². The van der Waals surface area contributed by atoms with Gasteiger partial charge < -0.3 is 25.2 Å². The second-order valence-electron chi connectivity index (χ2n) is 6.36. The van der Waals surface area contributed by atoms with Crippen LogP contribution in [0, 0.1) is 0 Å². The van der Waals surface area contributed by atoms with E-state index in [9.17, 15) is 5.11 Å². The number of hydrogen-bond acceptors (Lipinski definition) is 5. The molecule has 130 valence electrons. The average molecular weight is 358 g/mol. The Balaban J connectivity index is 1.59. The first-order valence-electron chi connectivity index (χ1n) is 8.27. The zero-order valence-corrected chi connectivity index (χ0v) is 14.7. The van der Waals surface area contributed by atoms with E-state index in [1.807, 2.05) is 6.07 Å². The molecular formula is C18H20ClN5O. The molecule has 0 amide bonds. The van der Waals surface area contributed by atoms with E-state index in [0.717, 1.165) is 37.2 Å². The summed E-state index contributed by atoms with van der Waals surface area (Å²) in [7, 11) is 2.15. The number of aromatic hydroxyl groups is 1. The summed E-state index contributed by atoms with van der Waals surface area (Å²) >= 11 is 5.99. The number of phenolic OH excluding ortho intramolecular Hbond substituents is 1. The predicted octanol–water partition coefficient (Wildman–Crippen LogP) is 3.42. The molecule has 0 unspecified atom stereocenters. The molecule has 1 fully saturated rings. The van der Waals surface area contributed by atoms with E-state index in [-0.39, 0.29) is 5.75 Å². The molecule has 0 saturated carbocycles. The number of nitrogens with zero attached hydrogens (tertiary/aromatic N) is 3. The summed E-state index contributed by atoms with van der Waals surface area (Å²) in [5, 5.41) is 13.6. The smallest absolute Gasteiger partial charge is 0.205 e. The van der Waals surface area contributed by atoms with E-state index in [1.54, 1.807) is 18.2 Å². The third-order valence-corrected chi connectivity index (χ3v) is 4.78. The molecule has 4 rings (SSSR count). The fourth-order valence-electron chi connectivity index (χ4n) is 3.05. The van der Waals surface area contributed by atoms with E-state index in [1.165, 1.54) is 5.69 Å². The van der Waals surface area contributed by atoms with E-state index in [0.29, 0.717) is 16.7 Å². The van der Waals surface area contributed by atoms with Gasteiger partial charge in [0.15, 0.2) is 0 Å². The summed E-state index contributed by atoms with van der Waals surface area (Å²) in [5.41, 5.74) is 3.54. The minimum absolute atomic E-state index is 0.128. The van der Waals surface area contributed by atoms with E-state index in [2.05, 4.69) is 44.3 Å². The third-order valence-electron chi connectivity index (χ3n) is 4.55. The van der Waals surface area contributed by atoms with Gasteiger partial charge in [-0.1, -0.05) is 11.6 Å². The molecule has 1 aliphatic rings. The monoisotopic (exact) mass is 357 g/mol. The summed E-state index contributed by atoms with van der Waals surface area (Å²) in [6.45, 7) is 4.18. The topological polar surface area (TPSA) is 67.4 Å². The highest BCUT2D eigenvalue weighted by Crippen LogP contribution is 2.30. The maximum atomic E-state index is 9.93. The molecule has 1 aliphatic heterocycles. The Kier molecular flexibility index (Phi) is 4.15. The van der Waals surface area contributed by atoms with Crippen LogP contribution in [0.4, 0.5) is 17.3 Å². The number of fused-ring (bicyclic) bond motifs is 1. The molecule has 0 radical (unpaired) electrons. The van der Waals surface area contributed by atoms with Gasteiger partial charge in [-0.05, 0) is 43.4 Å². The fourth-order valence-corrected chi connectivity index (χ4v) is 3.22. The Morgan fingerprint density at radius 3 is 2.72 bits per heavy atom. The van der Waals surface area contributed by atoms with Crippen LogP contribution < -0.4 is 10.2 Å². The van der Waals surface area contributed by atoms with Crippen molar-refractivity contribution < 1.29 is 5.11 Å². The van der Waals surface area contributed by atoms with Crippen molar-refractivity contribution in [3.8, 4) is 5.75 Å². The summed E-state index contributed by atoms with van der Waals surface area (Å²) in [4.78, 5) is 12.5. The Morgan fingerprint density at radius 1 is 1.12 bits per heavy atom. The Hall–Kier alpha value is -2.44. The van der Waals surface area contributed by atoms with Crippen molar-refractivity contribution in [2.24, 2.45) is 0 Å². The fraction of sp³-hybridized carbons (Fsp3) is 0.278. The van der Waals surface area contributed by atoms with Crippen molar-refractivity contribution in [1.82, 2.24) is 14.9 Å². The number of anilines is 3. The Morgan fingerprint density at radius 2 is 1.92 bits per heavy atom. The number of aromatic nitrogens is 2. The van der Waals surface area contributed by atoms with E-state index >= 15 is 0 Å². The van der Waals surface area contributed by atoms with Crippen LogP contribution in [0.3, 0.4) is 0 Å². The lowest BCUT2D eigenvalue weighted by molar-refractivity contribution is 0.313. The highest BCUT2D eigenvalue weighted by molar-refractivity contribution is 6.31. The van der Waals surface area contributed by atoms with Gasteiger partial charge >= 0.3 is 0 Å². The van der Waals surface area contributed by atoms with Crippen molar-refractivity contribution >= 4 is 40.0 Å². The van der Waals surface area contributed by atoms with Crippen molar-refractivity contribution in [3.05, 3.63) is 41.4 Å². The quantitative estimate of drug-likeness (QED) is 0.627. The number of phenols is 1. The van der Waals surface area contributed by atoms with Crippen LogP contribution in [0.25, 0.3) is 11.0 Å². The van der Waals surface area contributed by atoms with Crippen molar-refractivity contribution in [3.63, 3.8) is 0 Å². The van der Waals surface area contributed by atoms with Crippen molar-refractivity contribution in [2.45, 2.75) is 0 Å². The summed E-state index contributed by atoms with van der Waals surface area (Å²) in [6.07, 6.45) is 0. The summed E-state index contributed by atoms with van der Waals surface area (Å²) in [5.74, 6) is 0.700. The molecular weight excluding hydrogens is 338 g/mol. The molecule has 1 aromatic heterocycles. The first-order chi connectivity index (χ1) is 12.1. The minimum Gasteiger partial charge on any atom is -0.506 e. The van der Waals surface area contributed by atoms with Crippen LogP contribution in [0.5, 0.6) is 5.75 Å². The first-order valence-corrected chi connectivity index (χ1v) is 8.65. The molecule has 2 heterocycles. The molecule has 2 aromatic carbocycles. The number of imidazole rings is 1. The highest BCUT2D eigenvalue weighted by atomic mass is 35.5. The van der Waals surface area contributed by atoms with Gasteiger partial charge in [-0.25, -0.2) is 4.98 Å². The second-order valence-corrected chi connectivity index (χ2v) is 6.80. The molecule has 0 aliphatic carbocycles. The van der Waals surface area contributed by atoms with Crippen LogP contribution in [0.15, 0.2) is 36.4 Å². The molecule has 3 aromatic rings. The molecule has 0 bridgehead atoms. The zero-order valence-electron chi connectivity index (χ0n) is 14.0. The van der Waals surface area contributed by atoms with Crippen LogP contribution >= 0.6 is 11.6 Å². The van der Waals surface area contributed by atoms with Crippen LogP contribution in [-0.2, 0) is 0 Å². The van der Waals surface area contributed by atoms with Gasteiger partial charge in [0.1, 0.15) is 5.75 Å². The second kappa shape index (κ2) is 6.46. The molecule has 0 spiro atoms. The average Bonchev–Trinajstić information content (AvgIpc) is 3.00. The largest absolute Gasteiger partial charge is 0.506 e. The van der Waals surface area contributed by atoms with Gasteiger partial charge in [-0.15, -0.1) is 0 Å². The molecule has 6 nitrogen and oxygen atoms in total. The van der Waals surface area contributed by atoms with Crippen LogP contribution in [0.2, 0.25) is 5.02 Å². The highest BCUT2D eigenvalue weighted by Gasteiger charge is 2.15. The molecule has 3 N–H and O–H groups in total. The number of rotatable bonds is 3. The standard InChI is InChI=1S/C18H20ClN5O/c1-23-6-8-24(9-7-23)13-3-4-14-15(11-13)21-18(20-14)22-16-10-12(19)2-5-17(16)25/h2-5,10-11,25H,6-9H2,1H3,(H2,20,21,22). The summed E-state index contributed by atoms with van der Waals surface area (Å²) in [6, 6.07) is 11.1. The van der Waals surface area contributed by atoms with Gasteiger partial charge in [0.05, 0.1) is 16.7 Å². The third kappa shape index (κ3) is 3.36. The lowest BCUT2D eigenvalue weighted by Gasteiger charge is -2.34. The molecule has 25 heavy (non-hydrogen) atoms. The molecule has 1 saturated heterocycles. The van der Waals surface area contributed by atoms with Crippen LogP contribution in [-0.4, -0.2) is 53.2 Å². The lowest BCUT2D eigenvalue weighted by atomic mass is 10.2. The Bertz CT molecular complexity index is 902. The lowest BCUT2D eigenvalue weighted by Crippen LogP contribution is -2.44. The van der Waals surface area contributed by atoms with E-state index in [4.69, 9.17) is 11.6 Å². The SMILES string of the molecule is CN1CCN(c2ccc3[nH]c(Nc4cc(Cl)ccc4O)nc3c2)CC1. The van der Waals surface area contributed by atoms with E-state index < -0.39 is 0 Å². The number of benzene rings is 2. The normalized spacial score (nSPS) is 15.7. The maximum absolute atomic E-state index is 9.93. The number of hydrogen-bond donors (Lipinski definition) is 3. The number of H-pyrrole nitrogens is 1. The van der Waals surface area contributed by atoms with Crippen LogP contribution in [0.1, 0.15) is 0 Å². The number of aromatic amines is 1. The number of nitrogens with one attached hydrogen (secondary N) is 2. The minimum atomic E-state index is 0.128. The predicted molar refractivity (Wildman–Crippen MR) is 102 cm³/mol. The number of halogens is 1. The van der Waals surface area contributed by atoms with Gasteiger partial charge in [0.2, 0.25) is 5.95 Å². The van der Waals surface area contributed by atoms with Gasteiger partial charge in [-0.2, -0.15) is 0 Å². The maximum Gasteiger partial charge on any atom is 0.205 e. The first kappa shape index (κ1) is 16.1. The van der Waals surface area contributed by atoms with Gasteiger partial charge in [-0.3, -0.25) is 0 Å². The molecule has 7 heteroatoms.